The van der Waals surface area contributed by atoms with Crippen LogP contribution in [-0.4, -0.2) is 34.9 Å². The fraction of sp³-hybridized carbons (Fsp3) is 0.0784. The summed E-state index contributed by atoms with van der Waals surface area (Å²) in [6.45, 7) is 8.31. The molecule has 0 bridgehead atoms. The average Bonchev–Trinajstić information content (AvgIpc) is 3.26. The third-order valence-corrected chi connectivity index (χ3v) is 10.1. The van der Waals surface area contributed by atoms with E-state index in [1.54, 1.807) is 0 Å². The van der Waals surface area contributed by atoms with Crippen molar-refractivity contribution in [2.24, 2.45) is 0 Å². The molecule has 9 rings (SSSR count). The number of pyridine rings is 1. The Morgan fingerprint density at radius 3 is 0.845 bits per heavy atom. The molecule has 9 aromatic rings. The first-order chi connectivity index (χ1) is 28.3. The highest BCUT2D eigenvalue weighted by Crippen LogP contribution is 2.35. The number of aryl methyl sites for hydroxylation is 4. The fourth-order valence-electron chi connectivity index (χ4n) is 7.12. The van der Waals surface area contributed by atoms with Crippen LogP contribution in [0.2, 0.25) is 0 Å². The topological polar surface area (TPSA) is 90.2 Å². The molecule has 0 atom stereocenters. The van der Waals surface area contributed by atoms with E-state index in [0.29, 0.717) is 34.9 Å². The molecule has 0 fully saturated rings. The van der Waals surface area contributed by atoms with Gasteiger partial charge in [-0.25, -0.2) is 29.9 Å². The van der Waals surface area contributed by atoms with E-state index in [2.05, 4.69) is 124 Å². The predicted octanol–water partition coefficient (Wildman–Crippen LogP) is 12.0. The van der Waals surface area contributed by atoms with Crippen LogP contribution in [0.5, 0.6) is 0 Å². The van der Waals surface area contributed by atoms with Gasteiger partial charge in [0.15, 0.2) is 34.9 Å². The van der Waals surface area contributed by atoms with Gasteiger partial charge in [0.05, 0.1) is 0 Å². The van der Waals surface area contributed by atoms with Gasteiger partial charge in [0.25, 0.3) is 0 Å². The molecule has 0 amide bonds. The van der Waals surface area contributed by atoms with E-state index in [4.69, 9.17) is 29.9 Å². The molecular formula is C51H39N7. The molecule has 0 spiro atoms. The SMILES string of the molecule is Cc1cccc(-c2nc(-c3cccc(C)c3)nc(-c3cc(-c4ccc(-c5ccncc5)cc4)cc(-c4nc(-c5cccc(C)c5)nc(-c5cccc(C)c5)n4)c3)n2)c1. The van der Waals surface area contributed by atoms with Crippen LogP contribution in [0.25, 0.3) is 90.6 Å². The van der Waals surface area contributed by atoms with Crippen LogP contribution in [0.1, 0.15) is 22.3 Å². The van der Waals surface area contributed by atoms with Crippen LogP contribution < -0.4 is 0 Å². The Labute approximate surface area is 338 Å². The summed E-state index contributed by atoms with van der Waals surface area (Å²) >= 11 is 0. The highest BCUT2D eigenvalue weighted by molar-refractivity contribution is 5.81. The molecule has 6 aromatic carbocycles. The van der Waals surface area contributed by atoms with E-state index in [9.17, 15) is 0 Å². The van der Waals surface area contributed by atoms with Gasteiger partial charge < -0.3 is 0 Å². The lowest BCUT2D eigenvalue weighted by Gasteiger charge is -2.14. The normalized spacial score (nSPS) is 11.1. The molecule has 0 saturated heterocycles. The van der Waals surface area contributed by atoms with Crippen molar-refractivity contribution in [1.82, 2.24) is 34.9 Å². The van der Waals surface area contributed by atoms with E-state index in [1.165, 1.54) is 0 Å². The molecule has 7 heteroatoms. The van der Waals surface area contributed by atoms with Crippen LogP contribution in [0.4, 0.5) is 0 Å². The molecule has 0 saturated carbocycles. The first-order valence-electron chi connectivity index (χ1n) is 19.3. The Morgan fingerprint density at radius 1 is 0.241 bits per heavy atom. The largest absolute Gasteiger partial charge is 0.265 e. The number of benzene rings is 6. The lowest BCUT2D eigenvalue weighted by Crippen LogP contribution is -2.02. The number of aromatic nitrogens is 7. The highest BCUT2D eigenvalue weighted by Gasteiger charge is 2.18. The first kappa shape index (κ1) is 36.1. The van der Waals surface area contributed by atoms with Crippen LogP contribution in [0, 0.1) is 27.7 Å². The van der Waals surface area contributed by atoms with Crippen molar-refractivity contribution < 1.29 is 0 Å². The van der Waals surface area contributed by atoms with E-state index >= 15 is 0 Å². The highest BCUT2D eigenvalue weighted by atomic mass is 15.0. The molecular weight excluding hydrogens is 711 g/mol. The molecule has 0 aliphatic rings. The number of rotatable bonds is 8. The van der Waals surface area contributed by atoms with E-state index < -0.39 is 0 Å². The Morgan fingerprint density at radius 2 is 0.517 bits per heavy atom. The third kappa shape index (κ3) is 7.79. The second-order valence-electron chi connectivity index (χ2n) is 14.7. The Hall–Kier alpha value is -7.51. The summed E-state index contributed by atoms with van der Waals surface area (Å²) in [7, 11) is 0. The van der Waals surface area contributed by atoms with E-state index in [-0.39, 0.29) is 0 Å². The third-order valence-electron chi connectivity index (χ3n) is 10.1. The van der Waals surface area contributed by atoms with Crippen LogP contribution >= 0.6 is 0 Å². The summed E-state index contributed by atoms with van der Waals surface area (Å²) in [5, 5.41) is 0. The lowest BCUT2D eigenvalue weighted by molar-refractivity contribution is 1.07. The number of hydrogen-bond acceptors (Lipinski definition) is 7. The second-order valence-corrected chi connectivity index (χ2v) is 14.7. The molecule has 58 heavy (non-hydrogen) atoms. The minimum absolute atomic E-state index is 0.548. The van der Waals surface area contributed by atoms with Gasteiger partial charge in [0, 0.05) is 45.8 Å². The number of nitrogens with zero attached hydrogens (tertiary/aromatic N) is 7. The maximum Gasteiger partial charge on any atom is 0.164 e. The Balaban J connectivity index is 1.28. The zero-order valence-corrected chi connectivity index (χ0v) is 32.7. The predicted molar refractivity (Wildman–Crippen MR) is 233 cm³/mol. The molecule has 3 heterocycles. The summed E-state index contributed by atoms with van der Waals surface area (Å²) in [6.07, 6.45) is 3.63. The maximum atomic E-state index is 5.15. The maximum absolute atomic E-state index is 5.15. The van der Waals surface area contributed by atoms with Crippen LogP contribution in [0.15, 0.2) is 164 Å². The van der Waals surface area contributed by atoms with Crippen molar-refractivity contribution in [2.45, 2.75) is 27.7 Å². The molecule has 0 unspecified atom stereocenters. The fourth-order valence-corrected chi connectivity index (χ4v) is 7.12. The van der Waals surface area contributed by atoms with Crippen molar-refractivity contribution in [1.29, 1.82) is 0 Å². The first-order valence-corrected chi connectivity index (χ1v) is 19.3. The minimum Gasteiger partial charge on any atom is -0.265 e. The smallest absolute Gasteiger partial charge is 0.164 e. The summed E-state index contributed by atoms with van der Waals surface area (Å²) < 4.78 is 0. The van der Waals surface area contributed by atoms with Gasteiger partial charge in [0.2, 0.25) is 0 Å². The van der Waals surface area contributed by atoms with Gasteiger partial charge >= 0.3 is 0 Å². The number of hydrogen-bond donors (Lipinski definition) is 0. The zero-order valence-electron chi connectivity index (χ0n) is 32.7. The summed E-state index contributed by atoms with van der Waals surface area (Å²) in [4.78, 5) is 34.9. The van der Waals surface area contributed by atoms with Gasteiger partial charge in [-0.05, 0) is 105 Å². The van der Waals surface area contributed by atoms with Gasteiger partial charge in [0.1, 0.15) is 0 Å². The van der Waals surface area contributed by atoms with Crippen molar-refractivity contribution in [3.8, 4) is 90.6 Å². The van der Waals surface area contributed by atoms with Gasteiger partial charge in [-0.15, -0.1) is 0 Å². The zero-order chi connectivity index (χ0) is 39.6. The summed E-state index contributed by atoms with van der Waals surface area (Å²) in [5.41, 5.74) is 14.0. The molecule has 7 nitrogen and oxygen atoms in total. The van der Waals surface area contributed by atoms with Crippen molar-refractivity contribution in [2.75, 3.05) is 0 Å². The Bertz CT molecular complexity index is 2660. The minimum atomic E-state index is 0.548. The van der Waals surface area contributed by atoms with Gasteiger partial charge in [-0.3, -0.25) is 4.98 Å². The summed E-state index contributed by atoms with van der Waals surface area (Å²) in [6, 6.07) is 52.0. The molecule has 278 valence electrons. The van der Waals surface area contributed by atoms with Crippen molar-refractivity contribution in [3.05, 3.63) is 186 Å². The standard InChI is InChI=1S/C51H39N7/c1-32-9-5-13-39(25-32)46-53-47(40-14-6-10-33(2)26-40)56-50(55-46)44-29-43(37-19-17-36(18-20-37)38-21-23-52-24-22-38)30-45(31-44)51-57-48(41-15-7-11-34(3)27-41)54-49(58-51)42-16-8-12-35(4)28-42/h5-31H,1-4H3. The summed E-state index contributed by atoms with van der Waals surface area (Å²) in [5.74, 6) is 3.49. The van der Waals surface area contributed by atoms with Crippen molar-refractivity contribution in [3.63, 3.8) is 0 Å². The molecule has 0 N–H and O–H groups in total. The molecule has 3 aromatic heterocycles. The lowest BCUT2D eigenvalue weighted by atomic mass is 9.96. The van der Waals surface area contributed by atoms with Gasteiger partial charge in [-0.1, -0.05) is 119 Å². The van der Waals surface area contributed by atoms with E-state index in [1.807, 2.05) is 73.1 Å². The molecule has 0 aliphatic heterocycles. The monoisotopic (exact) mass is 749 g/mol. The second kappa shape index (κ2) is 15.6. The van der Waals surface area contributed by atoms with Crippen molar-refractivity contribution >= 4 is 0 Å². The van der Waals surface area contributed by atoms with Crippen LogP contribution in [-0.2, 0) is 0 Å². The van der Waals surface area contributed by atoms with Crippen LogP contribution in [0.3, 0.4) is 0 Å². The molecule has 0 radical (unpaired) electrons. The Kier molecular flexibility index (Phi) is 9.69. The molecule has 0 aliphatic carbocycles. The van der Waals surface area contributed by atoms with E-state index in [0.717, 1.165) is 77.9 Å². The quantitative estimate of drug-likeness (QED) is 0.153. The van der Waals surface area contributed by atoms with Gasteiger partial charge in [-0.2, -0.15) is 0 Å². The average molecular weight is 750 g/mol.